The topological polar surface area (TPSA) is 121 Å². The van der Waals surface area contributed by atoms with Crippen LogP contribution in [0.4, 0.5) is 11.8 Å². The second kappa shape index (κ2) is 10.7. The molecule has 1 unspecified atom stereocenters. The van der Waals surface area contributed by atoms with E-state index in [1.807, 2.05) is 42.3 Å². The zero-order valence-electron chi connectivity index (χ0n) is 24.0. The maximum Gasteiger partial charge on any atom is 0.270 e. The number of aromatic amines is 1. The number of nitrogens with one attached hydrogen (secondary N) is 1. The maximum absolute atomic E-state index is 13.9. The summed E-state index contributed by atoms with van der Waals surface area (Å²) in [6.45, 7) is 5.73. The second-order valence-corrected chi connectivity index (χ2v) is 11.4. The molecule has 0 spiro atoms. The highest BCUT2D eigenvalue weighted by Crippen LogP contribution is 2.29. The van der Waals surface area contributed by atoms with Gasteiger partial charge in [-0.05, 0) is 49.2 Å². The molecule has 3 aromatic heterocycles. The van der Waals surface area contributed by atoms with Gasteiger partial charge >= 0.3 is 0 Å². The van der Waals surface area contributed by atoms with Gasteiger partial charge in [-0.3, -0.25) is 19.4 Å². The lowest BCUT2D eigenvalue weighted by Crippen LogP contribution is -2.43. The largest absolute Gasteiger partial charge is 0.488 e. The standard InChI is InChI=1S/C31H35N9O2/c1-37-13-15-39(16-14-37)18-20-7-10-22(11-8-20)40-29-24(27-26(30(40)41)28(32)36-35-27)17-33-31(34-29)38(2)19-23-12-9-21-5-3-4-6-25(21)42-23/h3-8,10-11,17,23H,9,12-16,18-19H2,1-2H3,(H3,32,35,36). The van der Waals surface area contributed by atoms with Crippen LogP contribution in [0.15, 0.2) is 59.5 Å². The summed E-state index contributed by atoms with van der Waals surface area (Å²) < 4.78 is 7.89. The molecule has 1 fully saturated rings. The highest BCUT2D eigenvalue weighted by molar-refractivity contribution is 6.05. The Morgan fingerprint density at radius 2 is 1.88 bits per heavy atom. The lowest BCUT2D eigenvalue weighted by Gasteiger charge is -2.32. The molecule has 5 aromatic rings. The first kappa shape index (κ1) is 26.4. The molecule has 7 rings (SSSR count). The van der Waals surface area contributed by atoms with E-state index in [2.05, 4.69) is 50.2 Å². The molecule has 42 heavy (non-hydrogen) atoms. The van der Waals surface area contributed by atoms with Crippen LogP contribution in [0, 0.1) is 0 Å². The van der Waals surface area contributed by atoms with Gasteiger partial charge in [0.05, 0.1) is 23.1 Å². The molecule has 11 heteroatoms. The van der Waals surface area contributed by atoms with Crippen LogP contribution in [0.25, 0.3) is 27.6 Å². The number of pyridine rings is 1. The zero-order chi connectivity index (χ0) is 28.8. The van der Waals surface area contributed by atoms with Crippen molar-refractivity contribution in [1.29, 1.82) is 0 Å². The fourth-order valence-electron chi connectivity index (χ4n) is 6.02. The third-order valence-corrected chi connectivity index (χ3v) is 8.47. The van der Waals surface area contributed by atoms with Gasteiger partial charge in [-0.15, -0.1) is 0 Å². The molecule has 0 aliphatic carbocycles. The van der Waals surface area contributed by atoms with Gasteiger partial charge in [-0.2, -0.15) is 10.1 Å². The Kier molecular flexibility index (Phi) is 6.75. The first-order valence-corrected chi connectivity index (χ1v) is 14.5. The van der Waals surface area contributed by atoms with Gasteiger partial charge in [0.25, 0.3) is 5.56 Å². The first-order valence-electron chi connectivity index (χ1n) is 14.5. The van der Waals surface area contributed by atoms with E-state index in [4.69, 9.17) is 15.5 Å². The quantitative estimate of drug-likeness (QED) is 0.320. The molecule has 3 N–H and O–H groups in total. The molecule has 5 heterocycles. The number of aromatic nitrogens is 5. The summed E-state index contributed by atoms with van der Waals surface area (Å²) >= 11 is 0. The van der Waals surface area contributed by atoms with Crippen molar-refractivity contribution in [2.24, 2.45) is 0 Å². The van der Waals surface area contributed by atoms with E-state index in [-0.39, 0.29) is 17.5 Å². The van der Waals surface area contributed by atoms with Crippen molar-refractivity contribution in [2.45, 2.75) is 25.5 Å². The van der Waals surface area contributed by atoms with E-state index < -0.39 is 0 Å². The molecule has 2 aliphatic rings. The van der Waals surface area contributed by atoms with Crippen molar-refractivity contribution < 1.29 is 4.74 Å². The normalized spacial score (nSPS) is 17.8. The summed E-state index contributed by atoms with van der Waals surface area (Å²) in [5.74, 6) is 1.61. The number of fused-ring (bicyclic) bond motifs is 4. The molecule has 0 saturated carbocycles. The van der Waals surface area contributed by atoms with Crippen LogP contribution in [0.1, 0.15) is 17.5 Å². The minimum absolute atomic E-state index is 0.00845. The maximum atomic E-state index is 13.9. The number of likely N-dealkylation sites (N-methyl/N-ethyl adjacent to an activating group) is 2. The fraction of sp³-hybridized carbons (Fsp3) is 0.355. The molecular formula is C31H35N9O2. The number of nitrogens with zero attached hydrogens (tertiary/aromatic N) is 7. The Balaban J connectivity index is 1.22. The number of piperazine rings is 1. The molecule has 1 atom stereocenters. The van der Waals surface area contributed by atoms with Gasteiger partial charge in [-0.1, -0.05) is 30.3 Å². The zero-order valence-corrected chi connectivity index (χ0v) is 24.0. The average Bonchev–Trinajstić information content (AvgIpc) is 3.40. The molecule has 0 amide bonds. The van der Waals surface area contributed by atoms with Gasteiger partial charge in [0.15, 0.2) is 11.5 Å². The number of ether oxygens (including phenoxy) is 1. The van der Waals surface area contributed by atoms with Crippen LogP contribution in [0.2, 0.25) is 0 Å². The number of para-hydroxylation sites is 1. The summed E-state index contributed by atoms with van der Waals surface area (Å²) in [6, 6.07) is 16.3. The number of anilines is 2. The molecule has 2 aliphatic heterocycles. The van der Waals surface area contributed by atoms with Crippen molar-refractivity contribution in [3.63, 3.8) is 0 Å². The van der Waals surface area contributed by atoms with E-state index in [0.29, 0.717) is 40.1 Å². The second-order valence-electron chi connectivity index (χ2n) is 11.4. The minimum Gasteiger partial charge on any atom is -0.488 e. The summed E-state index contributed by atoms with van der Waals surface area (Å²) in [6.07, 6.45) is 3.63. The number of aryl methyl sites for hydroxylation is 1. The third-order valence-electron chi connectivity index (χ3n) is 8.47. The number of hydrogen-bond acceptors (Lipinski definition) is 9. The average molecular weight is 566 g/mol. The molecule has 2 aromatic carbocycles. The Hall–Kier alpha value is -4.48. The summed E-state index contributed by atoms with van der Waals surface area (Å²) in [4.78, 5) is 30.3. The van der Waals surface area contributed by atoms with Crippen LogP contribution >= 0.6 is 0 Å². The third kappa shape index (κ3) is 4.84. The fourth-order valence-corrected chi connectivity index (χ4v) is 6.02. The monoisotopic (exact) mass is 565 g/mol. The van der Waals surface area contributed by atoms with Crippen LogP contribution < -0.4 is 20.9 Å². The van der Waals surface area contributed by atoms with Crippen molar-refractivity contribution in [2.75, 3.05) is 57.5 Å². The van der Waals surface area contributed by atoms with Crippen molar-refractivity contribution >= 4 is 33.7 Å². The van der Waals surface area contributed by atoms with Crippen LogP contribution in [-0.4, -0.2) is 87.5 Å². The molecule has 0 bridgehead atoms. The van der Waals surface area contributed by atoms with E-state index >= 15 is 0 Å². The molecule has 0 radical (unpaired) electrons. The molecular weight excluding hydrogens is 530 g/mol. The minimum atomic E-state index is -0.268. The van der Waals surface area contributed by atoms with E-state index in [1.54, 1.807) is 10.8 Å². The first-order chi connectivity index (χ1) is 20.4. The Morgan fingerprint density at radius 3 is 2.69 bits per heavy atom. The van der Waals surface area contributed by atoms with Gasteiger partial charge in [-0.25, -0.2) is 4.98 Å². The van der Waals surface area contributed by atoms with Gasteiger partial charge in [0.2, 0.25) is 5.95 Å². The van der Waals surface area contributed by atoms with Gasteiger partial charge in [0, 0.05) is 46.0 Å². The van der Waals surface area contributed by atoms with E-state index in [1.165, 1.54) is 11.1 Å². The number of benzene rings is 2. The number of nitrogens with two attached hydrogens (primary N) is 1. The number of rotatable bonds is 6. The van der Waals surface area contributed by atoms with Crippen LogP contribution in [-0.2, 0) is 13.0 Å². The Labute approximate surface area is 243 Å². The summed E-state index contributed by atoms with van der Waals surface area (Å²) in [5, 5.41) is 8.06. The Morgan fingerprint density at radius 1 is 1.10 bits per heavy atom. The lowest BCUT2D eigenvalue weighted by molar-refractivity contribution is 0.148. The number of nitrogen functional groups attached to an aromatic ring is 1. The van der Waals surface area contributed by atoms with E-state index in [0.717, 1.165) is 51.3 Å². The predicted octanol–water partition coefficient (Wildman–Crippen LogP) is 2.82. The van der Waals surface area contributed by atoms with Crippen molar-refractivity contribution in [1.82, 2.24) is 34.5 Å². The number of H-pyrrole nitrogens is 1. The number of hydrogen-bond donors (Lipinski definition) is 2. The lowest BCUT2D eigenvalue weighted by atomic mass is 10.0. The Bertz CT molecular complexity index is 1810. The van der Waals surface area contributed by atoms with E-state index in [9.17, 15) is 4.79 Å². The predicted molar refractivity (Wildman–Crippen MR) is 164 cm³/mol. The SMILES string of the molecule is CN1CCN(Cc2ccc(-n3c(=O)c4c(N)n[nH]c4c4cnc(N(C)CC5CCc6ccccc6O5)nc43)cc2)CC1. The molecule has 216 valence electrons. The molecule has 11 nitrogen and oxygen atoms in total. The summed E-state index contributed by atoms with van der Waals surface area (Å²) in [7, 11) is 4.11. The molecule has 1 saturated heterocycles. The summed E-state index contributed by atoms with van der Waals surface area (Å²) in [5.41, 5.74) is 10.1. The van der Waals surface area contributed by atoms with Gasteiger partial charge < -0.3 is 20.3 Å². The van der Waals surface area contributed by atoms with Crippen molar-refractivity contribution in [3.05, 3.63) is 76.2 Å². The highest BCUT2D eigenvalue weighted by atomic mass is 16.5. The van der Waals surface area contributed by atoms with Crippen LogP contribution in [0.5, 0.6) is 5.75 Å². The smallest absolute Gasteiger partial charge is 0.270 e. The van der Waals surface area contributed by atoms with Crippen molar-refractivity contribution in [3.8, 4) is 11.4 Å². The van der Waals surface area contributed by atoms with Crippen LogP contribution in [0.3, 0.4) is 0 Å². The highest BCUT2D eigenvalue weighted by Gasteiger charge is 2.24. The van der Waals surface area contributed by atoms with Gasteiger partial charge in [0.1, 0.15) is 17.2 Å².